The van der Waals surface area contributed by atoms with Gasteiger partial charge in [-0.2, -0.15) is 0 Å². The first kappa shape index (κ1) is 74.6. The van der Waals surface area contributed by atoms with Gasteiger partial charge in [-0.05, 0) is 77.0 Å². The highest BCUT2D eigenvalue weighted by Gasteiger charge is 2.19. The van der Waals surface area contributed by atoms with Crippen molar-refractivity contribution >= 4 is 17.9 Å². The third-order valence-electron chi connectivity index (χ3n) is 14.7. The lowest BCUT2D eigenvalue weighted by Gasteiger charge is -2.18. The van der Waals surface area contributed by atoms with Gasteiger partial charge in [-0.1, -0.05) is 324 Å². The highest BCUT2D eigenvalue weighted by Crippen LogP contribution is 2.17. The van der Waals surface area contributed by atoms with Crippen molar-refractivity contribution in [3.8, 4) is 0 Å². The molecule has 0 aromatic rings. The van der Waals surface area contributed by atoms with Crippen LogP contribution in [-0.2, 0) is 28.6 Å². The fraction of sp³-hybridized carbons (Fsp3) is 0.764. The van der Waals surface area contributed by atoms with E-state index < -0.39 is 12.1 Å². The van der Waals surface area contributed by atoms with Crippen molar-refractivity contribution in [2.24, 2.45) is 0 Å². The standard InChI is InChI=1S/C72H126O6/c1-4-7-10-13-16-19-22-25-28-30-32-33-34-35-36-37-38-39-40-42-44-47-50-53-56-59-62-65-71(74)77-68-69(67-76-70(73)64-61-58-55-52-49-46-43-27-24-21-18-15-12-9-6-3)78-72(75)66-63-60-57-54-51-48-45-41-31-29-26-23-20-17-14-11-8-5-2/h9,12,18,21-22,25,27,30,32,43,49,52,58,61,69H,4-8,10-11,13-17,19-20,23-24,26,28-29,31,33-42,44-48,50-51,53-57,59-60,62-68H2,1-3H3/b12-9-,21-18-,25-22-,32-30-,43-27-,52-49-,61-58-. The van der Waals surface area contributed by atoms with Crippen LogP contribution in [0, 0.1) is 0 Å². The summed E-state index contributed by atoms with van der Waals surface area (Å²) in [4.78, 5) is 38.3. The molecule has 6 heteroatoms. The summed E-state index contributed by atoms with van der Waals surface area (Å²) in [5.41, 5.74) is 0. The van der Waals surface area contributed by atoms with Crippen LogP contribution >= 0.6 is 0 Å². The minimum absolute atomic E-state index is 0.103. The number of rotatable bonds is 61. The second-order valence-electron chi connectivity index (χ2n) is 22.4. The van der Waals surface area contributed by atoms with Gasteiger partial charge in [-0.25, -0.2) is 0 Å². The number of carbonyl (C=O) groups is 3. The summed E-state index contributed by atoms with van der Waals surface area (Å²) in [5, 5.41) is 0. The molecule has 1 atom stereocenters. The molecule has 1 unspecified atom stereocenters. The third kappa shape index (κ3) is 63.4. The van der Waals surface area contributed by atoms with Gasteiger partial charge >= 0.3 is 17.9 Å². The first-order valence-electron chi connectivity index (χ1n) is 33.6. The summed E-state index contributed by atoms with van der Waals surface area (Å²) in [6, 6.07) is 0. The molecule has 0 aromatic heterocycles. The molecule has 0 radical (unpaired) electrons. The van der Waals surface area contributed by atoms with Gasteiger partial charge < -0.3 is 14.2 Å². The van der Waals surface area contributed by atoms with Crippen LogP contribution in [0.15, 0.2) is 85.1 Å². The molecule has 0 aliphatic rings. The summed E-state index contributed by atoms with van der Waals surface area (Å²) >= 11 is 0. The molecule has 0 aliphatic carbocycles. The molecule has 78 heavy (non-hydrogen) atoms. The summed E-state index contributed by atoms with van der Waals surface area (Å²) in [6.07, 6.45) is 87.7. The lowest BCUT2D eigenvalue weighted by atomic mass is 10.0. The molecule has 6 nitrogen and oxygen atoms in total. The van der Waals surface area contributed by atoms with E-state index in [-0.39, 0.29) is 31.6 Å². The Balaban J connectivity index is 4.33. The van der Waals surface area contributed by atoms with E-state index in [1.165, 1.54) is 218 Å². The van der Waals surface area contributed by atoms with E-state index in [1.54, 1.807) is 6.08 Å². The Morgan fingerprint density at radius 1 is 0.282 bits per heavy atom. The molecule has 0 heterocycles. The summed E-state index contributed by atoms with van der Waals surface area (Å²) < 4.78 is 16.8. The van der Waals surface area contributed by atoms with Crippen LogP contribution in [0.4, 0.5) is 0 Å². The van der Waals surface area contributed by atoms with Crippen LogP contribution in [0.5, 0.6) is 0 Å². The monoisotopic (exact) mass is 1090 g/mol. The molecule has 450 valence electrons. The van der Waals surface area contributed by atoms with Crippen molar-refractivity contribution in [1.82, 2.24) is 0 Å². The van der Waals surface area contributed by atoms with E-state index in [0.717, 1.165) is 77.0 Å². The van der Waals surface area contributed by atoms with Gasteiger partial charge in [0.15, 0.2) is 6.10 Å². The van der Waals surface area contributed by atoms with Crippen molar-refractivity contribution in [2.45, 2.75) is 341 Å². The largest absolute Gasteiger partial charge is 0.462 e. The number of hydrogen-bond donors (Lipinski definition) is 0. The minimum Gasteiger partial charge on any atom is -0.462 e. The smallest absolute Gasteiger partial charge is 0.309 e. The number of hydrogen-bond acceptors (Lipinski definition) is 6. The molecular weight excluding hydrogens is 961 g/mol. The van der Waals surface area contributed by atoms with Gasteiger partial charge in [0.1, 0.15) is 13.2 Å². The fourth-order valence-corrected chi connectivity index (χ4v) is 9.67. The maximum Gasteiger partial charge on any atom is 0.309 e. The van der Waals surface area contributed by atoms with E-state index in [0.29, 0.717) is 12.8 Å². The molecule has 0 bridgehead atoms. The van der Waals surface area contributed by atoms with Crippen molar-refractivity contribution < 1.29 is 28.6 Å². The van der Waals surface area contributed by atoms with Gasteiger partial charge in [0.2, 0.25) is 0 Å². The predicted octanol–water partition coefficient (Wildman–Crippen LogP) is 23.1. The second kappa shape index (κ2) is 66.1. The minimum atomic E-state index is -0.815. The van der Waals surface area contributed by atoms with Gasteiger partial charge in [0.05, 0.1) is 6.42 Å². The Kier molecular flexibility index (Phi) is 63.2. The van der Waals surface area contributed by atoms with Gasteiger partial charge in [-0.15, -0.1) is 0 Å². The Labute approximate surface area is 484 Å². The van der Waals surface area contributed by atoms with E-state index in [2.05, 4.69) is 93.7 Å². The average Bonchev–Trinajstić information content (AvgIpc) is 3.44. The molecule has 0 aliphatic heterocycles. The molecule has 0 amide bonds. The van der Waals surface area contributed by atoms with Gasteiger partial charge in [0.25, 0.3) is 0 Å². The topological polar surface area (TPSA) is 78.9 Å². The first-order valence-corrected chi connectivity index (χ1v) is 33.6. The fourth-order valence-electron chi connectivity index (χ4n) is 9.67. The van der Waals surface area contributed by atoms with Crippen LogP contribution in [0.3, 0.4) is 0 Å². The maximum atomic E-state index is 12.9. The van der Waals surface area contributed by atoms with Gasteiger partial charge in [-0.3, -0.25) is 14.4 Å². The van der Waals surface area contributed by atoms with Crippen LogP contribution in [-0.4, -0.2) is 37.2 Å². The van der Waals surface area contributed by atoms with Crippen LogP contribution in [0.2, 0.25) is 0 Å². The Morgan fingerprint density at radius 2 is 0.551 bits per heavy atom. The molecule has 0 fully saturated rings. The number of carbonyl (C=O) groups excluding carboxylic acids is 3. The average molecular weight is 1090 g/mol. The third-order valence-corrected chi connectivity index (χ3v) is 14.7. The zero-order valence-electron chi connectivity index (χ0n) is 51.7. The molecule has 0 rings (SSSR count). The van der Waals surface area contributed by atoms with E-state index in [1.807, 2.05) is 6.08 Å². The Morgan fingerprint density at radius 3 is 0.897 bits per heavy atom. The zero-order chi connectivity index (χ0) is 56.4. The summed E-state index contributed by atoms with van der Waals surface area (Å²) in [5.74, 6) is -1.02. The molecule has 0 saturated heterocycles. The Hall–Kier alpha value is -3.41. The highest BCUT2D eigenvalue weighted by molar-refractivity contribution is 5.72. The number of ether oxygens (including phenoxy) is 3. The number of esters is 3. The van der Waals surface area contributed by atoms with E-state index in [9.17, 15) is 14.4 Å². The first-order chi connectivity index (χ1) is 38.5. The molecule has 0 N–H and O–H groups in total. The zero-order valence-corrected chi connectivity index (χ0v) is 51.7. The molecule has 0 aromatic carbocycles. The van der Waals surface area contributed by atoms with Crippen molar-refractivity contribution in [3.63, 3.8) is 0 Å². The number of unbranched alkanes of at least 4 members (excludes halogenated alkanes) is 37. The van der Waals surface area contributed by atoms with Crippen molar-refractivity contribution in [1.29, 1.82) is 0 Å². The van der Waals surface area contributed by atoms with E-state index in [4.69, 9.17) is 14.2 Å². The van der Waals surface area contributed by atoms with Crippen molar-refractivity contribution in [3.05, 3.63) is 85.1 Å². The van der Waals surface area contributed by atoms with Crippen molar-refractivity contribution in [2.75, 3.05) is 13.2 Å². The molecule has 0 saturated carbocycles. The lowest BCUT2D eigenvalue weighted by Crippen LogP contribution is -2.30. The number of allylic oxidation sites excluding steroid dienone is 13. The lowest BCUT2D eigenvalue weighted by molar-refractivity contribution is -0.166. The quantitative estimate of drug-likeness (QED) is 0.0261. The Bertz CT molecular complexity index is 1480. The normalized spacial score (nSPS) is 12.6. The second-order valence-corrected chi connectivity index (χ2v) is 22.4. The van der Waals surface area contributed by atoms with Crippen LogP contribution < -0.4 is 0 Å². The summed E-state index contributed by atoms with van der Waals surface area (Å²) in [6.45, 7) is 6.47. The molecular formula is C72H126O6. The SMILES string of the molecule is CC/C=C\C/C=C\C/C=C\C/C=C\C/C=C\CC(=O)OCC(COC(=O)CCCCCCCCCCCCCCCCC/C=C\C/C=C\CCCCCCC)OC(=O)CCCCCCCCCCCCCCCCCCCC. The molecule has 0 spiro atoms. The highest BCUT2D eigenvalue weighted by atomic mass is 16.6. The summed E-state index contributed by atoms with van der Waals surface area (Å²) in [7, 11) is 0. The maximum absolute atomic E-state index is 12.9. The van der Waals surface area contributed by atoms with E-state index >= 15 is 0 Å². The van der Waals surface area contributed by atoms with Crippen LogP contribution in [0.25, 0.3) is 0 Å². The van der Waals surface area contributed by atoms with Crippen LogP contribution in [0.1, 0.15) is 335 Å². The van der Waals surface area contributed by atoms with Gasteiger partial charge in [0, 0.05) is 12.8 Å². The predicted molar refractivity (Wildman–Crippen MR) is 339 cm³/mol.